The van der Waals surface area contributed by atoms with Crippen molar-refractivity contribution in [3.63, 3.8) is 0 Å². The van der Waals surface area contributed by atoms with Crippen molar-refractivity contribution in [2.75, 3.05) is 13.4 Å². The first-order chi connectivity index (χ1) is 13.9. The molecule has 0 saturated carbocycles. The van der Waals surface area contributed by atoms with Crippen molar-refractivity contribution in [2.24, 2.45) is 4.36 Å². The van der Waals surface area contributed by atoms with E-state index >= 15 is 0 Å². The van der Waals surface area contributed by atoms with E-state index in [4.69, 9.17) is 4.74 Å². The van der Waals surface area contributed by atoms with Gasteiger partial charge in [0.15, 0.2) is 0 Å². The summed E-state index contributed by atoms with van der Waals surface area (Å²) < 4.78 is 23.4. The highest BCUT2D eigenvalue weighted by Crippen LogP contribution is 2.34. The minimum Gasteiger partial charge on any atom is -0.497 e. The van der Waals surface area contributed by atoms with Gasteiger partial charge in [-0.15, -0.1) is 11.3 Å². The van der Waals surface area contributed by atoms with Gasteiger partial charge in [-0.25, -0.2) is 9.19 Å². The first-order valence-corrected chi connectivity index (χ1v) is 12.5. The predicted octanol–water partition coefficient (Wildman–Crippen LogP) is 6.18. The number of unbranched alkanes of at least 4 members (excludes halogenated alkanes) is 1. The van der Waals surface area contributed by atoms with Crippen molar-refractivity contribution >= 4 is 26.2 Å². The van der Waals surface area contributed by atoms with Gasteiger partial charge in [0.05, 0.1) is 27.8 Å². The Balaban J connectivity index is 1.92. The molecule has 2 atom stereocenters. The monoisotopic (exact) mass is 429 g/mol. The Hall–Kier alpha value is -2.25. The SMILES string of the molecule is CCCCC(c1ccc(C)nc1)S(C)(=O)=Nc1nc(-c2ccc(OC)cc2)cs1. The standard InChI is InChI=1S/C22H27N3O2S2/c1-5-6-7-21(18-9-8-16(2)23-14-18)29(4,26)25-22-24-20(15-28-22)17-10-12-19(27-3)13-11-17/h8-15,21H,5-7H2,1-4H3. The van der Waals surface area contributed by atoms with Gasteiger partial charge in [0.1, 0.15) is 5.75 Å². The molecule has 0 radical (unpaired) electrons. The van der Waals surface area contributed by atoms with Crippen LogP contribution in [0.1, 0.15) is 42.7 Å². The van der Waals surface area contributed by atoms with Gasteiger partial charge in [-0.3, -0.25) is 4.98 Å². The molecule has 2 heterocycles. The van der Waals surface area contributed by atoms with Crippen LogP contribution < -0.4 is 4.74 Å². The van der Waals surface area contributed by atoms with Gasteiger partial charge in [-0.1, -0.05) is 25.8 Å². The summed E-state index contributed by atoms with van der Waals surface area (Å²) >= 11 is 1.42. The quantitative estimate of drug-likeness (QED) is 0.429. The van der Waals surface area contributed by atoms with E-state index in [0.717, 1.165) is 47.5 Å². The van der Waals surface area contributed by atoms with Crippen LogP contribution in [0.3, 0.4) is 0 Å². The number of hydrogen-bond acceptors (Lipinski definition) is 6. The molecule has 1 aromatic carbocycles. The van der Waals surface area contributed by atoms with Crippen LogP contribution in [-0.4, -0.2) is 27.5 Å². The second kappa shape index (κ2) is 9.50. The van der Waals surface area contributed by atoms with Gasteiger partial charge >= 0.3 is 0 Å². The molecule has 29 heavy (non-hydrogen) atoms. The number of nitrogens with zero attached hydrogens (tertiary/aromatic N) is 3. The Kier molecular flexibility index (Phi) is 7.03. The number of aryl methyl sites for hydroxylation is 1. The maximum Gasteiger partial charge on any atom is 0.218 e. The highest BCUT2D eigenvalue weighted by Gasteiger charge is 2.22. The zero-order chi connectivity index (χ0) is 20.9. The van der Waals surface area contributed by atoms with E-state index in [0.29, 0.717) is 5.13 Å². The Morgan fingerprint density at radius 2 is 1.97 bits per heavy atom. The van der Waals surface area contributed by atoms with E-state index < -0.39 is 9.73 Å². The van der Waals surface area contributed by atoms with Crippen molar-refractivity contribution in [3.05, 3.63) is 59.2 Å². The minimum absolute atomic E-state index is 0.163. The number of ether oxygens (including phenoxy) is 1. The highest BCUT2D eigenvalue weighted by molar-refractivity contribution is 7.93. The largest absolute Gasteiger partial charge is 0.497 e. The van der Waals surface area contributed by atoms with E-state index in [1.54, 1.807) is 13.4 Å². The number of benzene rings is 1. The topological polar surface area (TPSA) is 64.4 Å². The third-order valence-corrected chi connectivity index (χ3v) is 7.74. The summed E-state index contributed by atoms with van der Waals surface area (Å²) in [6.45, 7) is 4.09. The molecule has 0 aliphatic rings. The smallest absolute Gasteiger partial charge is 0.218 e. The number of pyridine rings is 1. The summed E-state index contributed by atoms with van der Waals surface area (Å²) in [5, 5.41) is 2.33. The summed E-state index contributed by atoms with van der Waals surface area (Å²) in [4.78, 5) is 9.00. The van der Waals surface area contributed by atoms with Gasteiger partial charge in [-0.2, -0.15) is 4.36 Å². The summed E-state index contributed by atoms with van der Waals surface area (Å²) in [7, 11) is -0.886. The van der Waals surface area contributed by atoms with E-state index in [-0.39, 0.29) is 5.25 Å². The zero-order valence-corrected chi connectivity index (χ0v) is 18.9. The number of methoxy groups -OCH3 is 1. The average Bonchev–Trinajstić information content (AvgIpc) is 3.17. The van der Waals surface area contributed by atoms with E-state index in [2.05, 4.69) is 21.3 Å². The third kappa shape index (κ3) is 5.42. The van der Waals surface area contributed by atoms with Gasteiger partial charge < -0.3 is 4.74 Å². The number of rotatable bonds is 8. The van der Waals surface area contributed by atoms with E-state index in [1.807, 2.05) is 54.9 Å². The molecule has 0 N–H and O–H groups in total. The summed E-state index contributed by atoms with van der Waals surface area (Å²) in [6, 6.07) is 11.7. The van der Waals surface area contributed by atoms with Gasteiger partial charge in [-0.05, 0) is 49.2 Å². The molecule has 3 aromatic rings. The number of thiazole rings is 1. The molecule has 0 aliphatic heterocycles. The van der Waals surface area contributed by atoms with Crippen LogP contribution in [0.15, 0.2) is 52.3 Å². The first kappa shape index (κ1) is 21.5. The van der Waals surface area contributed by atoms with Crippen molar-refractivity contribution in [1.82, 2.24) is 9.97 Å². The number of aromatic nitrogens is 2. The van der Waals surface area contributed by atoms with Crippen LogP contribution in [0.25, 0.3) is 11.3 Å². The lowest BCUT2D eigenvalue weighted by Gasteiger charge is -2.18. The Labute approximate surface area is 177 Å². The van der Waals surface area contributed by atoms with Crippen LogP contribution in [0.5, 0.6) is 5.75 Å². The molecular weight excluding hydrogens is 402 g/mol. The Morgan fingerprint density at radius 3 is 2.59 bits per heavy atom. The van der Waals surface area contributed by atoms with Crippen molar-refractivity contribution in [1.29, 1.82) is 0 Å². The summed E-state index contributed by atoms with van der Waals surface area (Å²) in [5.74, 6) is 0.802. The van der Waals surface area contributed by atoms with E-state index in [9.17, 15) is 4.21 Å². The molecule has 2 aromatic heterocycles. The van der Waals surface area contributed by atoms with Gasteiger partial charge in [0, 0.05) is 29.1 Å². The van der Waals surface area contributed by atoms with Crippen LogP contribution in [0, 0.1) is 6.92 Å². The van der Waals surface area contributed by atoms with Crippen LogP contribution in [-0.2, 0) is 9.73 Å². The van der Waals surface area contributed by atoms with E-state index in [1.165, 1.54) is 11.3 Å². The lowest BCUT2D eigenvalue weighted by atomic mass is 10.1. The fourth-order valence-corrected chi connectivity index (χ4v) is 6.02. The van der Waals surface area contributed by atoms with Crippen LogP contribution in [0.4, 0.5) is 5.13 Å². The molecule has 0 aliphatic carbocycles. The molecule has 3 rings (SSSR count). The second-order valence-electron chi connectivity index (χ2n) is 7.06. The van der Waals surface area contributed by atoms with Gasteiger partial charge in [0.25, 0.3) is 0 Å². The lowest BCUT2D eigenvalue weighted by Crippen LogP contribution is -2.12. The number of hydrogen-bond donors (Lipinski definition) is 0. The molecule has 7 heteroatoms. The molecule has 0 amide bonds. The maximum atomic E-state index is 13.6. The molecule has 0 bridgehead atoms. The molecule has 0 saturated heterocycles. The lowest BCUT2D eigenvalue weighted by molar-refractivity contribution is 0.415. The molecule has 0 spiro atoms. The van der Waals surface area contributed by atoms with Crippen LogP contribution >= 0.6 is 11.3 Å². The predicted molar refractivity (Wildman–Crippen MR) is 121 cm³/mol. The molecule has 2 unspecified atom stereocenters. The summed E-state index contributed by atoms with van der Waals surface area (Å²) in [6.07, 6.45) is 6.43. The normalized spacial score (nSPS) is 14.2. The summed E-state index contributed by atoms with van der Waals surface area (Å²) in [5.41, 5.74) is 3.74. The molecule has 0 fully saturated rings. The molecule has 5 nitrogen and oxygen atoms in total. The Morgan fingerprint density at radius 1 is 1.21 bits per heavy atom. The van der Waals surface area contributed by atoms with Crippen molar-refractivity contribution < 1.29 is 8.95 Å². The van der Waals surface area contributed by atoms with Crippen LogP contribution in [0.2, 0.25) is 0 Å². The third-order valence-electron chi connectivity index (χ3n) is 4.79. The highest BCUT2D eigenvalue weighted by atomic mass is 32.2. The fraction of sp³-hybridized carbons (Fsp3) is 0.364. The fourth-order valence-electron chi connectivity index (χ4n) is 3.12. The van der Waals surface area contributed by atoms with Crippen molar-refractivity contribution in [2.45, 2.75) is 38.4 Å². The minimum atomic E-state index is -2.53. The van der Waals surface area contributed by atoms with Gasteiger partial charge in [0.2, 0.25) is 5.13 Å². The second-order valence-corrected chi connectivity index (χ2v) is 10.4. The first-order valence-electron chi connectivity index (χ1n) is 9.66. The Bertz CT molecular complexity index is 1050. The maximum absolute atomic E-state index is 13.6. The zero-order valence-electron chi connectivity index (χ0n) is 17.3. The van der Waals surface area contributed by atoms with Crippen molar-refractivity contribution in [3.8, 4) is 17.0 Å². The molecule has 154 valence electrons. The average molecular weight is 430 g/mol. The molecular formula is C22H27N3O2S2.